The smallest absolute Gasteiger partial charge is 0.228 e. The number of hydrogen-bond acceptors (Lipinski definition) is 6. The molecular weight excluding hydrogens is 348 g/mol. The van der Waals surface area contributed by atoms with E-state index in [2.05, 4.69) is 20.4 Å². The van der Waals surface area contributed by atoms with Crippen molar-refractivity contribution >= 4 is 23.2 Å². The summed E-state index contributed by atoms with van der Waals surface area (Å²) in [7, 11) is 0. The molecule has 0 fully saturated rings. The molecule has 0 aromatic carbocycles. The lowest BCUT2D eigenvalue weighted by Gasteiger charge is -2.24. The molecule has 1 amide bonds. The highest BCUT2D eigenvalue weighted by Crippen LogP contribution is 2.18. The minimum absolute atomic E-state index is 0.156. The lowest BCUT2D eigenvalue weighted by Crippen LogP contribution is -2.37. The molecule has 0 aliphatic carbocycles. The third-order valence-corrected chi connectivity index (χ3v) is 5.32. The van der Waals surface area contributed by atoms with Gasteiger partial charge in [0.25, 0.3) is 0 Å². The maximum atomic E-state index is 12.8. The van der Waals surface area contributed by atoms with Crippen LogP contribution < -0.4 is 5.32 Å². The van der Waals surface area contributed by atoms with Gasteiger partial charge in [-0.2, -0.15) is 5.10 Å². The maximum Gasteiger partial charge on any atom is 0.228 e. The second-order valence-corrected chi connectivity index (χ2v) is 7.39. The zero-order valence-corrected chi connectivity index (χ0v) is 15.1. The van der Waals surface area contributed by atoms with Crippen molar-refractivity contribution in [2.45, 2.75) is 19.5 Å². The molecule has 1 aliphatic heterocycles. The lowest BCUT2D eigenvalue weighted by atomic mass is 10.1. The van der Waals surface area contributed by atoms with Crippen LogP contribution in [-0.4, -0.2) is 43.6 Å². The fourth-order valence-electron chi connectivity index (χ4n) is 3.15. The van der Waals surface area contributed by atoms with Crippen LogP contribution in [0, 0.1) is 5.92 Å². The molecule has 1 N–H and O–H groups in total. The zero-order valence-electron chi connectivity index (χ0n) is 14.3. The Morgan fingerprint density at radius 3 is 2.88 bits per heavy atom. The summed E-state index contributed by atoms with van der Waals surface area (Å²) in [5.74, 6) is 0.990. The molecule has 0 radical (unpaired) electrons. The van der Waals surface area contributed by atoms with E-state index in [1.54, 1.807) is 36.0 Å². The summed E-state index contributed by atoms with van der Waals surface area (Å²) in [5.41, 5.74) is 1.07. The van der Waals surface area contributed by atoms with Crippen molar-refractivity contribution in [3.05, 3.63) is 58.8 Å². The number of carbonyl (C=O) groups excluding carboxylic acids is 1. The number of amides is 1. The summed E-state index contributed by atoms with van der Waals surface area (Å²) in [6.07, 6.45) is 5.68. The monoisotopic (exact) mass is 368 g/mol. The van der Waals surface area contributed by atoms with Crippen LogP contribution in [0.15, 0.2) is 48.2 Å². The Labute approximate surface area is 155 Å². The summed E-state index contributed by atoms with van der Waals surface area (Å²) in [5, 5.41) is 9.69. The number of aromatic nitrogens is 4. The number of thiophene rings is 1. The molecule has 3 aromatic heterocycles. The summed E-state index contributed by atoms with van der Waals surface area (Å²) >= 11 is 1.62. The Morgan fingerprint density at radius 1 is 1.19 bits per heavy atom. The van der Waals surface area contributed by atoms with Gasteiger partial charge in [-0.15, -0.1) is 11.3 Å². The average molecular weight is 368 g/mol. The van der Waals surface area contributed by atoms with E-state index >= 15 is 0 Å². The molecule has 0 spiro atoms. The minimum atomic E-state index is 0.156. The highest BCUT2D eigenvalue weighted by molar-refractivity contribution is 7.10. The van der Waals surface area contributed by atoms with E-state index in [9.17, 15) is 4.79 Å². The first-order valence-corrected chi connectivity index (χ1v) is 9.47. The van der Waals surface area contributed by atoms with Crippen molar-refractivity contribution in [3.8, 4) is 0 Å². The molecule has 4 rings (SSSR count). The van der Waals surface area contributed by atoms with Gasteiger partial charge in [0.05, 0.1) is 18.7 Å². The van der Waals surface area contributed by atoms with Crippen LogP contribution in [0.25, 0.3) is 0 Å². The first-order chi connectivity index (χ1) is 12.8. The SMILES string of the molecule is O=C(Cc1cccs1)N1Cc2ccnn2C[C@H](CNc2ncccn2)C1. The highest BCUT2D eigenvalue weighted by atomic mass is 32.1. The van der Waals surface area contributed by atoms with Crippen LogP contribution in [0.5, 0.6) is 0 Å². The zero-order chi connectivity index (χ0) is 17.8. The minimum Gasteiger partial charge on any atom is -0.354 e. The molecule has 0 saturated carbocycles. The van der Waals surface area contributed by atoms with Crippen LogP contribution in [-0.2, 0) is 24.3 Å². The number of carbonyl (C=O) groups is 1. The first kappa shape index (κ1) is 16.7. The lowest BCUT2D eigenvalue weighted by molar-refractivity contribution is -0.131. The summed E-state index contributed by atoms with van der Waals surface area (Å²) < 4.78 is 2.00. The molecule has 1 aliphatic rings. The second kappa shape index (κ2) is 7.65. The van der Waals surface area contributed by atoms with Gasteiger partial charge in [0, 0.05) is 49.0 Å². The summed E-state index contributed by atoms with van der Waals surface area (Å²) in [6.45, 7) is 2.74. The average Bonchev–Trinajstić information content (AvgIpc) is 3.29. The van der Waals surface area contributed by atoms with E-state index in [0.29, 0.717) is 32.0 Å². The number of rotatable bonds is 5. The van der Waals surface area contributed by atoms with Gasteiger partial charge in [0.2, 0.25) is 11.9 Å². The third-order valence-electron chi connectivity index (χ3n) is 4.44. The number of anilines is 1. The van der Waals surface area contributed by atoms with Gasteiger partial charge in [-0.25, -0.2) is 9.97 Å². The Morgan fingerprint density at radius 2 is 2.08 bits per heavy atom. The van der Waals surface area contributed by atoms with E-state index in [1.165, 1.54) is 0 Å². The van der Waals surface area contributed by atoms with E-state index in [0.717, 1.165) is 17.1 Å². The predicted octanol–water partition coefficient (Wildman–Crippen LogP) is 2.05. The fraction of sp³-hybridized carbons (Fsp3) is 0.333. The van der Waals surface area contributed by atoms with Crippen LogP contribution in [0.3, 0.4) is 0 Å². The molecule has 0 unspecified atom stereocenters. The summed E-state index contributed by atoms with van der Waals surface area (Å²) in [6, 6.07) is 7.77. The third kappa shape index (κ3) is 3.91. The Kier molecular flexibility index (Phi) is 4.92. The van der Waals surface area contributed by atoms with Crippen molar-refractivity contribution < 1.29 is 4.79 Å². The number of fused-ring (bicyclic) bond motifs is 1. The van der Waals surface area contributed by atoms with Gasteiger partial charge >= 0.3 is 0 Å². The van der Waals surface area contributed by atoms with E-state index < -0.39 is 0 Å². The maximum absolute atomic E-state index is 12.8. The van der Waals surface area contributed by atoms with Gasteiger partial charge in [-0.05, 0) is 23.6 Å². The molecular formula is C18H20N6OS. The normalized spacial score (nSPS) is 16.8. The Bertz CT molecular complexity index is 848. The van der Waals surface area contributed by atoms with Gasteiger partial charge in [-0.3, -0.25) is 9.48 Å². The summed E-state index contributed by atoms with van der Waals surface area (Å²) in [4.78, 5) is 24.3. The molecule has 1 atom stereocenters. The fourth-order valence-corrected chi connectivity index (χ4v) is 3.85. The van der Waals surface area contributed by atoms with Crippen molar-refractivity contribution in [1.82, 2.24) is 24.6 Å². The van der Waals surface area contributed by atoms with E-state index in [1.807, 2.05) is 33.2 Å². The van der Waals surface area contributed by atoms with Gasteiger partial charge < -0.3 is 10.2 Å². The molecule has 0 bridgehead atoms. The number of hydrogen-bond donors (Lipinski definition) is 1. The second-order valence-electron chi connectivity index (χ2n) is 6.35. The number of nitrogens with one attached hydrogen (secondary N) is 1. The standard InChI is InChI=1S/C18H20N6OS/c25-17(9-16-3-1-8-26-16)23-11-14(10-21-18-19-5-2-6-20-18)12-24-15(13-23)4-7-22-24/h1-8,14H,9-13H2,(H,19,20,21)/t14-/m1/s1. The largest absolute Gasteiger partial charge is 0.354 e. The van der Waals surface area contributed by atoms with Gasteiger partial charge in [0.15, 0.2) is 0 Å². The molecule has 134 valence electrons. The molecule has 3 aromatic rings. The Balaban J connectivity index is 1.47. The van der Waals surface area contributed by atoms with Crippen molar-refractivity contribution in [2.75, 3.05) is 18.4 Å². The van der Waals surface area contributed by atoms with Crippen LogP contribution >= 0.6 is 11.3 Å². The van der Waals surface area contributed by atoms with Gasteiger partial charge in [0.1, 0.15) is 0 Å². The van der Waals surface area contributed by atoms with Crippen LogP contribution in [0.4, 0.5) is 5.95 Å². The molecule has 26 heavy (non-hydrogen) atoms. The van der Waals surface area contributed by atoms with Crippen molar-refractivity contribution in [3.63, 3.8) is 0 Å². The molecule has 7 nitrogen and oxygen atoms in total. The number of nitrogens with zero attached hydrogens (tertiary/aromatic N) is 5. The van der Waals surface area contributed by atoms with Gasteiger partial charge in [-0.1, -0.05) is 6.07 Å². The highest BCUT2D eigenvalue weighted by Gasteiger charge is 2.25. The predicted molar refractivity (Wildman–Crippen MR) is 99.7 cm³/mol. The topological polar surface area (TPSA) is 75.9 Å². The Hall–Kier alpha value is -2.74. The quantitative estimate of drug-likeness (QED) is 0.746. The van der Waals surface area contributed by atoms with E-state index in [-0.39, 0.29) is 11.8 Å². The first-order valence-electron chi connectivity index (χ1n) is 8.59. The molecule has 0 saturated heterocycles. The molecule has 8 heteroatoms. The van der Waals surface area contributed by atoms with E-state index in [4.69, 9.17) is 0 Å². The van der Waals surface area contributed by atoms with Crippen molar-refractivity contribution in [2.24, 2.45) is 5.92 Å². The molecule has 4 heterocycles. The van der Waals surface area contributed by atoms with Crippen molar-refractivity contribution in [1.29, 1.82) is 0 Å². The van der Waals surface area contributed by atoms with Crippen LogP contribution in [0.2, 0.25) is 0 Å². The van der Waals surface area contributed by atoms with Crippen LogP contribution in [0.1, 0.15) is 10.6 Å².